The van der Waals surface area contributed by atoms with Crippen molar-refractivity contribution in [2.45, 2.75) is 14.7 Å². The summed E-state index contributed by atoms with van der Waals surface area (Å²) in [7, 11) is -0.0146. The molecule has 0 aliphatic carbocycles. The second-order valence-electron chi connectivity index (χ2n) is 4.25. The van der Waals surface area contributed by atoms with Gasteiger partial charge in [0, 0.05) is 0 Å². The first-order chi connectivity index (χ1) is 9.45. The minimum absolute atomic E-state index is 0. The molecule has 0 atom stereocenters. The van der Waals surface area contributed by atoms with Crippen LogP contribution in [0.1, 0.15) is 0 Å². The zero-order valence-electron chi connectivity index (χ0n) is 11.5. The molecule has 3 aromatic carbocycles. The van der Waals surface area contributed by atoms with Gasteiger partial charge in [-0.15, -0.1) is 0 Å². The zero-order chi connectivity index (χ0) is 12.9. The molecule has 96 valence electrons. The molecule has 3 heteroatoms. The standard InChI is InChI=1S/C18H15S.2Sb/c1-4-10-16(11-5-1)19(17-12-6-2-7-13-17)18-14-8-3-9-15-18;;/h1-15H;;/q+1;2*+3. The molecule has 0 heterocycles. The van der Waals surface area contributed by atoms with Gasteiger partial charge in [0.1, 0.15) is 0 Å². The molecule has 0 saturated carbocycles. The van der Waals surface area contributed by atoms with E-state index in [-0.39, 0.29) is 59.8 Å². The number of rotatable bonds is 3. The van der Waals surface area contributed by atoms with E-state index in [1.54, 1.807) is 0 Å². The third-order valence-corrected chi connectivity index (χ3v) is 5.17. The third-order valence-electron chi connectivity index (χ3n) is 2.94. The van der Waals surface area contributed by atoms with Crippen molar-refractivity contribution in [3.8, 4) is 0 Å². The molecule has 0 aliphatic rings. The molecular formula is C18H15SSb2+7. The van der Waals surface area contributed by atoms with E-state index >= 15 is 0 Å². The largest absolute Gasteiger partial charge is 3.00 e. The molecule has 21 heavy (non-hydrogen) atoms. The zero-order valence-corrected chi connectivity index (χ0v) is 17.4. The fourth-order valence-corrected chi connectivity index (χ4v) is 4.18. The van der Waals surface area contributed by atoms with E-state index in [0.717, 1.165) is 0 Å². The summed E-state index contributed by atoms with van der Waals surface area (Å²) < 4.78 is 0. The van der Waals surface area contributed by atoms with E-state index < -0.39 is 0 Å². The van der Waals surface area contributed by atoms with Crippen LogP contribution >= 0.6 is 0 Å². The summed E-state index contributed by atoms with van der Waals surface area (Å²) in [5, 5.41) is 0. The molecule has 0 nitrogen and oxygen atoms in total. The molecule has 0 aromatic heterocycles. The molecule has 0 N–H and O–H groups in total. The maximum absolute atomic E-state index is 2.21. The van der Waals surface area contributed by atoms with Gasteiger partial charge in [0.25, 0.3) is 0 Å². The van der Waals surface area contributed by atoms with E-state index in [1.165, 1.54) is 14.7 Å². The van der Waals surface area contributed by atoms with Crippen molar-refractivity contribution in [2.75, 3.05) is 0 Å². The van der Waals surface area contributed by atoms with Gasteiger partial charge < -0.3 is 0 Å². The Balaban J connectivity index is 0.00000110. The minimum atomic E-state index is -0.0146. The Morgan fingerprint density at radius 1 is 0.381 bits per heavy atom. The molecule has 0 aliphatic heterocycles. The first-order valence-corrected chi connectivity index (χ1v) is 7.57. The Bertz CT molecular complexity index is 533. The second kappa shape index (κ2) is 9.62. The second-order valence-corrected chi connectivity index (χ2v) is 6.27. The molecule has 3 rings (SSSR count). The van der Waals surface area contributed by atoms with Crippen LogP contribution in [-0.2, 0) is 10.9 Å². The SMILES string of the molecule is [Sb+3].[Sb+3].c1ccc([S+](c2ccccc2)c2ccccc2)cc1. The van der Waals surface area contributed by atoms with E-state index in [9.17, 15) is 0 Å². The van der Waals surface area contributed by atoms with Gasteiger partial charge in [-0.25, -0.2) is 0 Å². The Kier molecular flexibility index (Phi) is 8.56. The van der Waals surface area contributed by atoms with E-state index in [1.807, 2.05) is 0 Å². The fourth-order valence-electron chi connectivity index (χ4n) is 2.08. The van der Waals surface area contributed by atoms with Gasteiger partial charge in [-0.1, -0.05) is 54.6 Å². The van der Waals surface area contributed by atoms with Crippen LogP contribution in [0.4, 0.5) is 0 Å². The van der Waals surface area contributed by atoms with Crippen LogP contribution in [0, 0.1) is 0 Å². The maximum atomic E-state index is 2.21. The van der Waals surface area contributed by atoms with Gasteiger partial charge in [-0.2, -0.15) is 0 Å². The summed E-state index contributed by atoms with van der Waals surface area (Å²) in [5.41, 5.74) is 0. The first kappa shape index (κ1) is 18.7. The van der Waals surface area contributed by atoms with Crippen LogP contribution in [0.2, 0.25) is 0 Å². The summed E-state index contributed by atoms with van der Waals surface area (Å²) in [6, 6.07) is 32.2. The van der Waals surface area contributed by atoms with Crippen LogP contribution in [0.25, 0.3) is 0 Å². The predicted molar refractivity (Wildman–Crippen MR) is 93.0 cm³/mol. The van der Waals surface area contributed by atoms with Gasteiger partial charge in [0.2, 0.25) is 0 Å². The number of hydrogen-bond donors (Lipinski definition) is 0. The van der Waals surface area contributed by atoms with Gasteiger partial charge in [-0.05, 0) is 36.4 Å². The van der Waals surface area contributed by atoms with E-state index in [4.69, 9.17) is 0 Å². The minimum Gasteiger partial charge on any atom is -0.0619 e. The Morgan fingerprint density at radius 3 is 0.857 bits per heavy atom. The average molecular weight is 507 g/mol. The van der Waals surface area contributed by atoms with E-state index in [0.29, 0.717) is 0 Å². The van der Waals surface area contributed by atoms with Crippen molar-refractivity contribution in [3.63, 3.8) is 0 Å². The fraction of sp³-hybridized carbons (Fsp3) is 0. The number of hydrogen-bond acceptors (Lipinski definition) is 0. The smallest absolute Gasteiger partial charge is 0.0619 e. The summed E-state index contributed by atoms with van der Waals surface area (Å²) in [6.07, 6.45) is 0. The molecular weight excluding hydrogens is 492 g/mol. The molecule has 0 unspecified atom stereocenters. The maximum Gasteiger partial charge on any atom is 3.00 e. The quantitative estimate of drug-likeness (QED) is 0.372. The van der Waals surface area contributed by atoms with Crippen LogP contribution in [0.15, 0.2) is 106 Å². The van der Waals surface area contributed by atoms with E-state index in [2.05, 4.69) is 91.0 Å². The van der Waals surface area contributed by atoms with Crippen LogP contribution < -0.4 is 0 Å². The summed E-state index contributed by atoms with van der Waals surface area (Å²) in [6.45, 7) is 0. The van der Waals surface area contributed by atoms with Crippen LogP contribution in [0.3, 0.4) is 0 Å². The summed E-state index contributed by atoms with van der Waals surface area (Å²) in [4.78, 5) is 4.08. The summed E-state index contributed by atoms with van der Waals surface area (Å²) in [5.74, 6) is 0. The normalized spacial score (nSPS) is 9.57. The Hall–Kier alpha value is -0.354. The molecule has 0 spiro atoms. The Labute approximate surface area is 164 Å². The Morgan fingerprint density at radius 2 is 0.619 bits per heavy atom. The molecule has 0 bridgehead atoms. The van der Waals surface area contributed by atoms with Crippen molar-refractivity contribution in [2.24, 2.45) is 0 Å². The predicted octanol–water partition coefficient (Wildman–Crippen LogP) is 4.02. The molecule has 4 radical (unpaired) electrons. The van der Waals surface area contributed by atoms with Crippen molar-refractivity contribution in [1.82, 2.24) is 0 Å². The molecule has 0 amide bonds. The van der Waals surface area contributed by atoms with Gasteiger partial charge in [0.05, 0.1) is 10.9 Å². The van der Waals surface area contributed by atoms with Crippen molar-refractivity contribution < 1.29 is 0 Å². The average Bonchev–Trinajstić information content (AvgIpc) is 2.51. The van der Waals surface area contributed by atoms with Gasteiger partial charge in [-0.3, -0.25) is 0 Å². The molecule has 3 aromatic rings. The summed E-state index contributed by atoms with van der Waals surface area (Å²) >= 11 is 0. The number of benzene rings is 3. The van der Waals surface area contributed by atoms with Crippen molar-refractivity contribution in [1.29, 1.82) is 0 Å². The van der Waals surface area contributed by atoms with Gasteiger partial charge >= 0.3 is 48.9 Å². The van der Waals surface area contributed by atoms with Crippen molar-refractivity contribution in [3.05, 3.63) is 91.0 Å². The molecule has 0 fully saturated rings. The monoisotopic (exact) mass is 505 g/mol. The molecule has 0 saturated heterocycles. The third kappa shape index (κ3) is 4.81. The van der Waals surface area contributed by atoms with Crippen molar-refractivity contribution >= 4 is 59.8 Å². The first-order valence-electron chi connectivity index (χ1n) is 6.34. The van der Waals surface area contributed by atoms with Crippen LogP contribution in [0.5, 0.6) is 0 Å². The topological polar surface area (TPSA) is 0 Å². The van der Waals surface area contributed by atoms with Crippen LogP contribution in [-0.4, -0.2) is 48.9 Å². The van der Waals surface area contributed by atoms with Gasteiger partial charge in [0.15, 0.2) is 14.7 Å².